The first-order chi connectivity index (χ1) is 8.53. The number of alkyl halides is 2. The van der Waals surface area contributed by atoms with Crippen molar-refractivity contribution in [2.75, 3.05) is 13.1 Å². The number of carbonyl (C=O) groups is 2. The quantitative estimate of drug-likeness (QED) is 0.813. The van der Waals surface area contributed by atoms with E-state index < -0.39 is 18.5 Å². The molecule has 1 saturated heterocycles. The van der Waals surface area contributed by atoms with E-state index in [1.54, 1.807) is 0 Å². The maximum Gasteiger partial charge on any atom is 0.255 e. The highest BCUT2D eigenvalue weighted by Gasteiger charge is 2.45. The fraction of sp³-hybridized carbons (Fsp3) is 0.833. The summed E-state index contributed by atoms with van der Waals surface area (Å²) < 4.78 is 25.0. The van der Waals surface area contributed by atoms with Crippen molar-refractivity contribution in [2.24, 2.45) is 0 Å². The number of rotatable bonds is 2. The molecule has 2 fully saturated rings. The zero-order valence-electron chi connectivity index (χ0n) is 10.3. The van der Waals surface area contributed by atoms with Crippen molar-refractivity contribution in [1.29, 1.82) is 0 Å². The number of hydrogen-bond donors (Lipinski definition) is 1. The van der Waals surface area contributed by atoms with Crippen molar-refractivity contribution in [2.45, 2.75) is 50.5 Å². The minimum Gasteiger partial charge on any atom is -0.342 e. The van der Waals surface area contributed by atoms with Gasteiger partial charge in [0.25, 0.3) is 6.43 Å². The van der Waals surface area contributed by atoms with Crippen LogP contribution in [0.5, 0.6) is 0 Å². The lowest BCUT2D eigenvalue weighted by atomic mass is 9.80. The van der Waals surface area contributed by atoms with Crippen LogP contribution in [0.25, 0.3) is 0 Å². The third kappa shape index (κ3) is 2.62. The zero-order valence-corrected chi connectivity index (χ0v) is 10.3. The van der Waals surface area contributed by atoms with E-state index in [0.29, 0.717) is 12.8 Å². The van der Waals surface area contributed by atoms with E-state index in [9.17, 15) is 18.4 Å². The standard InChI is InChI=1S/C12H18F2N2O2/c13-9(14)8-16-7-4-10(17)15-12(11(16)18)5-2-1-3-6-12/h9H,1-8H2,(H,15,17). The molecule has 1 aliphatic carbocycles. The van der Waals surface area contributed by atoms with Crippen molar-refractivity contribution in [3.63, 3.8) is 0 Å². The molecule has 1 N–H and O–H groups in total. The minimum absolute atomic E-state index is 0.0940. The van der Waals surface area contributed by atoms with Gasteiger partial charge >= 0.3 is 0 Å². The second-order valence-electron chi connectivity index (χ2n) is 5.08. The highest BCUT2D eigenvalue weighted by Crippen LogP contribution is 2.31. The van der Waals surface area contributed by atoms with Crippen LogP contribution < -0.4 is 5.32 Å². The molecule has 0 aromatic carbocycles. The Morgan fingerprint density at radius 3 is 2.50 bits per heavy atom. The number of halogens is 2. The highest BCUT2D eigenvalue weighted by molar-refractivity contribution is 5.93. The molecule has 6 heteroatoms. The molecule has 1 saturated carbocycles. The predicted molar refractivity (Wildman–Crippen MR) is 61.2 cm³/mol. The van der Waals surface area contributed by atoms with Crippen molar-refractivity contribution >= 4 is 11.8 Å². The third-order valence-corrected chi connectivity index (χ3v) is 3.75. The fourth-order valence-electron chi connectivity index (χ4n) is 2.86. The van der Waals surface area contributed by atoms with Crippen LogP contribution in [0.1, 0.15) is 38.5 Å². The lowest BCUT2D eigenvalue weighted by Gasteiger charge is -2.38. The maximum atomic E-state index is 12.5. The largest absolute Gasteiger partial charge is 0.342 e. The molecular formula is C12H18F2N2O2. The zero-order chi connectivity index (χ0) is 13.2. The molecule has 18 heavy (non-hydrogen) atoms. The third-order valence-electron chi connectivity index (χ3n) is 3.75. The van der Waals surface area contributed by atoms with Crippen LogP contribution in [0.15, 0.2) is 0 Å². The maximum absolute atomic E-state index is 12.5. The number of hydrogen-bond acceptors (Lipinski definition) is 2. The summed E-state index contributed by atoms with van der Waals surface area (Å²) in [7, 11) is 0. The molecule has 0 aromatic rings. The topological polar surface area (TPSA) is 49.4 Å². The van der Waals surface area contributed by atoms with Crippen molar-refractivity contribution in [1.82, 2.24) is 10.2 Å². The summed E-state index contributed by atoms with van der Waals surface area (Å²) in [6.07, 6.45) is 1.43. The number of carbonyl (C=O) groups excluding carboxylic acids is 2. The molecule has 1 spiro atoms. The predicted octanol–water partition coefficient (Wildman–Crippen LogP) is 1.30. The van der Waals surface area contributed by atoms with Gasteiger partial charge in [-0.15, -0.1) is 0 Å². The first-order valence-electron chi connectivity index (χ1n) is 6.42. The molecule has 4 nitrogen and oxygen atoms in total. The lowest BCUT2D eigenvalue weighted by Crippen LogP contribution is -2.58. The van der Waals surface area contributed by atoms with E-state index in [0.717, 1.165) is 24.2 Å². The molecule has 0 unspecified atom stereocenters. The van der Waals surface area contributed by atoms with Gasteiger partial charge in [-0.3, -0.25) is 9.59 Å². The molecule has 1 aliphatic heterocycles. The van der Waals surface area contributed by atoms with Crippen LogP contribution in [0.3, 0.4) is 0 Å². The molecular weight excluding hydrogens is 242 g/mol. The van der Waals surface area contributed by atoms with E-state index in [1.165, 1.54) is 0 Å². The fourth-order valence-corrected chi connectivity index (χ4v) is 2.86. The van der Waals surface area contributed by atoms with E-state index in [4.69, 9.17) is 0 Å². The van der Waals surface area contributed by atoms with Crippen molar-refractivity contribution in [3.05, 3.63) is 0 Å². The van der Waals surface area contributed by atoms with Gasteiger partial charge in [-0.05, 0) is 12.8 Å². The van der Waals surface area contributed by atoms with Gasteiger partial charge in [0.05, 0.1) is 6.54 Å². The summed E-state index contributed by atoms with van der Waals surface area (Å²) in [4.78, 5) is 25.2. The van der Waals surface area contributed by atoms with Crippen molar-refractivity contribution in [3.8, 4) is 0 Å². The Labute approximate surface area is 105 Å². The molecule has 0 radical (unpaired) electrons. The second kappa shape index (κ2) is 5.20. The van der Waals surface area contributed by atoms with Gasteiger partial charge < -0.3 is 10.2 Å². The van der Waals surface area contributed by atoms with Crippen LogP contribution >= 0.6 is 0 Å². The first kappa shape index (κ1) is 13.2. The van der Waals surface area contributed by atoms with E-state index in [-0.39, 0.29) is 24.8 Å². The van der Waals surface area contributed by atoms with Gasteiger partial charge in [0.1, 0.15) is 5.54 Å². The van der Waals surface area contributed by atoms with E-state index >= 15 is 0 Å². The second-order valence-corrected chi connectivity index (χ2v) is 5.08. The Balaban J connectivity index is 2.20. The molecule has 2 rings (SSSR count). The van der Waals surface area contributed by atoms with Gasteiger partial charge in [-0.2, -0.15) is 0 Å². The molecule has 0 bridgehead atoms. The smallest absolute Gasteiger partial charge is 0.255 e. The highest BCUT2D eigenvalue weighted by atomic mass is 19.3. The Kier molecular flexibility index (Phi) is 3.82. The SMILES string of the molecule is O=C1CCN(CC(F)F)C(=O)C2(CCCCC2)N1. The van der Waals surface area contributed by atoms with Crippen LogP contribution in [-0.4, -0.2) is 41.8 Å². The van der Waals surface area contributed by atoms with Crippen molar-refractivity contribution < 1.29 is 18.4 Å². The molecule has 1 heterocycles. The van der Waals surface area contributed by atoms with Gasteiger partial charge in [0.15, 0.2) is 0 Å². The summed E-state index contributed by atoms with van der Waals surface area (Å²) in [6.45, 7) is -0.480. The van der Waals surface area contributed by atoms with Crippen LogP contribution in [0, 0.1) is 0 Å². The molecule has 0 aromatic heterocycles. The average molecular weight is 260 g/mol. The van der Waals surface area contributed by atoms with E-state index in [2.05, 4.69) is 5.32 Å². The first-order valence-corrected chi connectivity index (χ1v) is 6.42. The van der Waals surface area contributed by atoms with E-state index in [1.807, 2.05) is 0 Å². The molecule has 2 amide bonds. The van der Waals surface area contributed by atoms with Crippen LogP contribution in [0.4, 0.5) is 8.78 Å². The normalized spacial score (nSPS) is 24.3. The minimum atomic E-state index is -2.55. The Morgan fingerprint density at radius 1 is 1.22 bits per heavy atom. The monoisotopic (exact) mass is 260 g/mol. The number of nitrogens with zero attached hydrogens (tertiary/aromatic N) is 1. The van der Waals surface area contributed by atoms with Crippen LogP contribution in [0.2, 0.25) is 0 Å². The van der Waals surface area contributed by atoms with Crippen LogP contribution in [-0.2, 0) is 9.59 Å². The average Bonchev–Trinajstić information content (AvgIpc) is 2.43. The Morgan fingerprint density at radius 2 is 1.89 bits per heavy atom. The summed E-state index contributed by atoms with van der Waals surface area (Å²) in [5.41, 5.74) is -0.916. The molecule has 0 atom stereocenters. The molecule has 102 valence electrons. The summed E-state index contributed by atoms with van der Waals surface area (Å²) in [5, 5.41) is 2.77. The van der Waals surface area contributed by atoms with Gasteiger partial charge in [-0.1, -0.05) is 19.3 Å². The summed E-state index contributed by atoms with van der Waals surface area (Å²) in [5.74, 6) is -0.532. The van der Waals surface area contributed by atoms with Gasteiger partial charge in [-0.25, -0.2) is 8.78 Å². The lowest BCUT2D eigenvalue weighted by molar-refractivity contribution is -0.141. The molecule has 2 aliphatic rings. The Hall–Kier alpha value is -1.20. The number of nitrogens with one attached hydrogen (secondary N) is 1. The van der Waals surface area contributed by atoms with Gasteiger partial charge in [0, 0.05) is 13.0 Å². The van der Waals surface area contributed by atoms with Gasteiger partial charge in [0.2, 0.25) is 11.8 Å². The summed E-state index contributed by atoms with van der Waals surface area (Å²) >= 11 is 0. The number of amides is 2. The summed E-state index contributed by atoms with van der Waals surface area (Å²) in [6, 6.07) is 0. The Bertz CT molecular complexity index is 341.